The van der Waals surface area contributed by atoms with Crippen LogP contribution in [-0.4, -0.2) is 59.9 Å². The standard InChI is InChI=1S/C16H21NO7/c1-18-8-6-9(19-2)11(10(7-8)20-3)13-12-14(24-17-13)16(22-5)23-15(12)21-4/h6-7,12,14-16H,1-5H3/t12-,14+,15-,16-/m1/s1. The van der Waals surface area contributed by atoms with Crippen molar-refractivity contribution in [2.75, 3.05) is 35.5 Å². The molecule has 0 spiro atoms. The maximum Gasteiger partial charge on any atom is 0.200 e. The summed E-state index contributed by atoms with van der Waals surface area (Å²) in [4.78, 5) is 5.55. The molecule has 2 aliphatic rings. The van der Waals surface area contributed by atoms with E-state index in [0.717, 1.165) is 0 Å². The van der Waals surface area contributed by atoms with E-state index in [-0.39, 0.29) is 5.92 Å². The highest BCUT2D eigenvalue weighted by Crippen LogP contribution is 2.43. The second-order valence-electron chi connectivity index (χ2n) is 5.32. The van der Waals surface area contributed by atoms with Crippen LogP contribution in [-0.2, 0) is 19.0 Å². The molecule has 0 aliphatic carbocycles. The zero-order valence-electron chi connectivity index (χ0n) is 14.3. The Hall–Kier alpha value is -2.03. The fourth-order valence-electron chi connectivity index (χ4n) is 3.06. The predicted molar refractivity (Wildman–Crippen MR) is 83.7 cm³/mol. The molecule has 4 atom stereocenters. The van der Waals surface area contributed by atoms with Crippen LogP contribution in [0.25, 0.3) is 0 Å². The molecule has 8 nitrogen and oxygen atoms in total. The number of methoxy groups -OCH3 is 5. The molecule has 24 heavy (non-hydrogen) atoms. The van der Waals surface area contributed by atoms with Crippen LogP contribution in [0, 0.1) is 5.92 Å². The first-order valence-electron chi connectivity index (χ1n) is 7.43. The van der Waals surface area contributed by atoms with Gasteiger partial charge in [-0.3, -0.25) is 0 Å². The summed E-state index contributed by atoms with van der Waals surface area (Å²) in [6.07, 6.45) is -1.50. The van der Waals surface area contributed by atoms with Crippen molar-refractivity contribution in [1.29, 1.82) is 0 Å². The second kappa shape index (κ2) is 6.84. The van der Waals surface area contributed by atoms with Crippen molar-refractivity contribution < 1.29 is 33.3 Å². The van der Waals surface area contributed by atoms with Crippen molar-refractivity contribution in [1.82, 2.24) is 0 Å². The fourth-order valence-corrected chi connectivity index (χ4v) is 3.06. The van der Waals surface area contributed by atoms with Gasteiger partial charge in [0.15, 0.2) is 12.4 Å². The molecule has 0 unspecified atom stereocenters. The van der Waals surface area contributed by atoms with Crippen LogP contribution in [0.2, 0.25) is 0 Å². The minimum atomic E-state index is -0.559. The number of hydrogen-bond acceptors (Lipinski definition) is 8. The fraction of sp³-hybridized carbons (Fsp3) is 0.562. The third-order valence-corrected chi connectivity index (χ3v) is 4.21. The van der Waals surface area contributed by atoms with Gasteiger partial charge < -0.3 is 33.3 Å². The molecule has 1 saturated heterocycles. The number of fused-ring (bicyclic) bond motifs is 1. The van der Waals surface area contributed by atoms with Crippen molar-refractivity contribution in [3.8, 4) is 17.2 Å². The topological polar surface area (TPSA) is 77.0 Å². The van der Waals surface area contributed by atoms with Crippen LogP contribution in [0.5, 0.6) is 17.2 Å². The summed E-state index contributed by atoms with van der Waals surface area (Å²) < 4.78 is 32.7. The molecule has 1 aromatic carbocycles. The molecule has 8 heteroatoms. The van der Waals surface area contributed by atoms with Crippen LogP contribution >= 0.6 is 0 Å². The lowest BCUT2D eigenvalue weighted by Gasteiger charge is -2.19. The Balaban J connectivity index is 2.06. The second-order valence-corrected chi connectivity index (χ2v) is 5.32. The van der Waals surface area contributed by atoms with Crippen LogP contribution < -0.4 is 14.2 Å². The summed E-state index contributed by atoms with van der Waals surface area (Å²) in [7, 11) is 7.84. The van der Waals surface area contributed by atoms with E-state index >= 15 is 0 Å². The van der Waals surface area contributed by atoms with Gasteiger partial charge in [-0.05, 0) is 0 Å². The van der Waals surface area contributed by atoms with E-state index in [0.29, 0.717) is 28.5 Å². The van der Waals surface area contributed by atoms with Gasteiger partial charge in [0.2, 0.25) is 6.29 Å². The Labute approximate surface area is 140 Å². The SMILES string of the molecule is COc1cc(OC)c(C2=NO[C@@H]3[C@H](OC)O[C@@H](OC)[C@H]23)c(OC)c1. The quantitative estimate of drug-likeness (QED) is 0.775. The molecular formula is C16H21NO7. The Morgan fingerprint density at radius 2 is 1.50 bits per heavy atom. The zero-order chi connectivity index (χ0) is 17.3. The van der Waals surface area contributed by atoms with Gasteiger partial charge in [0, 0.05) is 26.4 Å². The van der Waals surface area contributed by atoms with E-state index in [1.54, 1.807) is 47.7 Å². The Morgan fingerprint density at radius 1 is 0.875 bits per heavy atom. The molecule has 0 aromatic heterocycles. The van der Waals surface area contributed by atoms with Crippen LogP contribution in [0.1, 0.15) is 5.56 Å². The molecule has 3 rings (SSSR count). The monoisotopic (exact) mass is 339 g/mol. The Kier molecular flexibility index (Phi) is 4.79. The highest BCUT2D eigenvalue weighted by molar-refractivity contribution is 6.08. The van der Waals surface area contributed by atoms with Crippen LogP contribution in [0.4, 0.5) is 0 Å². The van der Waals surface area contributed by atoms with Gasteiger partial charge in [0.25, 0.3) is 0 Å². The third-order valence-electron chi connectivity index (χ3n) is 4.21. The average Bonchev–Trinajstić information content (AvgIpc) is 3.20. The Bertz CT molecular complexity index is 608. The molecule has 0 amide bonds. The summed E-state index contributed by atoms with van der Waals surface area (Å²) in [5.41, 5.74) is 1.30. The van der Waals surface area contributed by atoms with Gasteiger partial charge in [-0.25, -0.2) is 0 Å². The largest absolute Gasteiger partial charge is 0.496 e. The first-order chi connectivity index (χ1) is 11.7. The molecule has 132 valence electrons. The zero-order valence-corrected chi connectivity index (χ0v) is 14.3. The molecule has 0 N–H and O–H groups in total. The van der Waals surface area contributed by atoms with E-state index in [1.165, 1.54) is 0 Å². The minimum absolute atomic E-state index is 0.267. The number of benzene rings is 1. The van der Waals surface area contributed by atoms with Gasteiger partial charge in [-0.2, -0.15) is 0 Å². The number of nitrogens with zero attached hydrogens (tertiary/aromatic N) is 1. The number of rotatable bonds is 6. The molecule has 2 aliphatic heterocycles. The van der Waals surface area contributed by atoms with Crippen molar-refractivity contribution in [2.45, 2.75) is 18.7 Å². The number of hydrogen-bond donors (Lipinski definition) is 0. The summed E-state index contributed by atoms with van der Waals surface area (Å²) in [6.45, 7) is 0. The van der Waals surface area contributed by atoms with Crippen molar-refractivity contribution in [2.24, 2.45) is 11.1 Å². The highest BCUT2D eigenvalue weighted by atomic mass is 16.8. The lowest BCUT2D eigenvalue weighted by molar-refractivity contribution is -0.206. The molecule has 1 aromatic rings. The lowest BCUT2D eigenvalue weighted by Crippen LogP contribution is -2.32. The van der Waals surface area contributed by atoms with Gasteiger partial charge in [-0.1, -0.05) is 5.16 Å². The van der Waals surface area contributed by atoms with E-state index in [2.05, 4.69) is 5.16 Å². The van der Waals surface area contributed by atoms with E-state index in [9.17, 15) is 0 Å². The maximum atomic E-state index is 5.71. The first-order valence-corrected chi connectivity index (χ1v) is 7.43. The normalized spacial score (nSPS) is 28.1. The van der Waals surface area contributed by atoms with Crippen LogP contribution in [0.3, 0.4) is 0 Å². The summed E-state index contributed by atoms with van der Waals surface area (Å²) in [5, 5.41) is 4.24. The van der Waals surface area contributed by atoms with Crippen molar-refractivity contribution >= 4 is 5.71 Å². The molecule has 1 fully saturated rings. The lowest BCUT2D eigenvalue weighted by atomic mass is 9.92. The predicted octanol–water partition coefficient (Wildman–Crippen LogP) is 1.41. The minimum Gasteiger partial charge on any atom is -0.496 e. The van der Waals surface area contributed by atoms with Gasteiger partial charge in [0.05, 0.1) is 26.9 Å². The summed E-state index contributed by atoms with van der Waals surface area (Å²) >= 11 is 0. The van der Waals surface area contributed by atoms with Crippen molar-refractivity contribution in [3.05, 3.63) is 17.7 Å². The van der Waals surface area contributed by atoms with Crippen molar-refractivity contribution in [3.63, 3.8) is 0 Å². The molecule has 0 saturated carbocycles. The smallest absolute Gasteiger partial charge is 0.200 e. The maximum absolute atomic E-state index is 5.71. The molecule has 0 bridgehead atoms. The average molecular weight is 339 g/mol. The van der Waals surface area contributed by atoms with Gasteiger partial charge >= 0.3 is 0 Å². The van der Waals surface area contributed by atoms with E-state index in [4.69, 9.17) is 33.3 Å². The number of oxime groups is 1. The van der Waals surface area contributed by atoms with E-state index in [1.807, 2.05) is 0 Å². The molecule has 2 heterocycles. The van der Waals surface area contributed by atoms with Gasteiger partial charge in [0.1, 0.15) is 28.9 Å². The molecular weight excluding hydrogens is 318 g/mol. The first kappa shape index (κ1) is 16.8. The van der Waals surface area contributed by atoms with Crippen LogP contribution in [0.15, 0.2) is 17.3 Å². The summed E-state index contributed by atoms with van der Waals surface area (Å²) in [6, 6.07) is 3.53. The van der Waals surface area contributed by atoms with E-state index < -0.39 is 18.7 Å². The summed E-state index contributed by atoms with van der Waals surface area (Å²) in [5.74, 6) is 1.47. The molecule has 0 radical (unpaired) electrons. The third kappa shape index (κ3) is 2.56. The number of ether oxygens (including phenoxy) is 6. The van der Waals surface area contributed by atoms with Gasteiger partial charge in [-0.15, -0.1) is 0 Å². The Morgan fingerprint density at radius 3 is 2.00 bits per heavy atom. The highest BCUT2D eigenvalue weighted by Gasteiger charge is 2.54.